The van der Waals surface area contributed by atoms with E-state index in [1.54, 1.807) is 53.5 Å². The maximum absolute atomic E-state index is 12.6. The molecular weight excluding hydrogens is 290 g/mol. The summed E-state index contributed by atoms with van der Waals surface area (Å²) < 4.78 is 1.61. The Balaban J connectivity index is 1.86. The fourth-order valence-electron chi connectivity index (χ4n) is 2.20. The number of hydrogen-bond donors (Lipinski definition) is 1. The molecular formula is C18H15N3O2. The highest BCUT2D eigenvalue weighted by Gasteiger charge is 2.20. The number of amides is 3. The van der Waals surface area contributed by atoms with Crippen LogP contribution in [0.1, 0.15) is 10.4 Å². The molecule has 0 spiro atoms. The van der Waals surface area contributed by atoms with Crippen LogP contribution >= 0.6 is 0 Å². The number of carbonyl (C=O) groups excluding carboxylic acids is 2. The van der Waals surface area contributed by atoms with E-state index in [-0.39, 0.29) is 0 Å². The van der Waals surface area contributed by atoms with Crippen molar-refractivity contribution in [1.29, 1.82) is 0 Å². The molecule has 0 saturated carbocycles. The number of carbonyl (C=O) groups is 2. The fraction of sp³-hybridized carbons (Fsp3) is 0. The Morgan fingerprint density at radius 2 is 1.35 bits per heavy atom. The van der Waals surface area contributed by atoms with Crippen molar-refractivity contribution in [2.45, 2.75) is 0 Å². The summed E-state index contributed by atoms with van der Waals surface area (Å²) in [6.07, 6.45) is 3.47. The van der Waals surface area contributed by atoms with Crippen LogP contribution in [0.5, 0.6) is 0 Å². The van der Waals surface area contributed by atoms with Gasteiger partial charge < -0.3 is 0 Å². The Labute approximate surface area is 133 Å². The second-order valence-electron chi connectivity index (χ2n) is 4.84. The molecule has 0 saturated heterocycles. The highest BCUT2D eigenvalue weighted by Crippen LogP contribution is 2.15. The van der Waals surface area contributed by atoms with Crippen molar-refractivity contribution in [2.24, 2.45) is 0 Å². The third-order valence-electron chi connectivity index (χ3n) is 3.27. The van der Waals surface area contributed by atoms with E-state index in [1.807, 2.05) is 36.4 Å². The molecule has 3 aromatic rings. The number of urea groups is 1. The van der Waals surface area contributed by atoms with E-state index in [9.17, 15) is 9.59 Å². The van der Waals surface area contributed by atoms with Gasteiger partial charge in [-0.3, -0.25) is 14.8 Å². The van der Waals surface area contributed by atoms with Crippen LogP contribution in [0.15, 0.2) is 85.2 Å². The number of nitrogens with one attached hydrogen (secondary N) is 1. The summed E-state index contributed by atoms with van der Waals surface area (Å²) in [6.45, 7) is 0. The Morgan fingerprint density at radius 1 is 0.783 bits per heavy atom. The normalized spacial score (nSPS) is 10.1. The lowest BCUT2D eigenvalue weighted by Gasteiger charge is -2.23. The molecule has 0 atom stereocenters. The van der Waals surface area contributed by atoms with E-state index in [4.69, 9.17) is 0 Å². The Morgan fingerprint density at radius 3 is 1.96 bits per heavy atom. The lowest BCUT2D eigenvalue weighted by Crippen LogP contribution is -2.45. The van der Waals surface area contributed by atoms with Crippen LogP contribution in [-0.2, 0) is 0 Å². The molecule has 1 N–H and O–H groups in total. The van der Waals surface area contributed by atoms with Gasteiger partial charge in [0.2, 0.25) is 0 Å². The second kappa shape index (κ2) is 6.62. The summed E-state index contributed by atoms with van der Waals surface area (Å²) in [4.78, 5) is 24.8. The zero-order chi connectivity index (χ0) is 16.1. The van der Waals surface area contributed by atoms with Crippen molar-refractivity contribution in [3.8, 4) is 0 Å². The fourth-order valence-corrected chi connectivity index (χ4v) is 2.20. The SMILES string of the molecule is O=C(NC(=O)N(c1ccccc1)n1cccc1)c1ccccc1. The molecule has 0 unspecified atom stereocenters. The van der Waals surface area contributed by atoms with Crippen molar-refractivity contribution < 1.29 is 9.59 Å². The summed E-state index contributed by atoms with van der Waals surface area (Å²) in [5, 5.41) is 3.80. The zero-order valence-corrected chi connectivity index (χ0v) is 12.3. The minimum atomic E-state index is -0.527. The van der Waals surface area contributed by atoms with Crippen LogP contribution in [0.2, 0.25) is 0 Å². The van der Waals surface area contributed by atoms with Crippen molar-refractivity contribution in [3.05, 3.63) is 90.8 Å². The van der Waals surface area contributed by atoms with Gasteiger partial charge in [-0.25, -0.2) is 4.79 Å². The molecule has 2 aromatic carbocycles. The minimum Gasteiger partial charge on any atom is -0.272 e. The maximum atomic E-state index is 12.6. The van der Waals surface area contributed by atoms with Crippen LogP contribution in [0.3, 0.4) is 0 Å². The quantitative estimate of drug-likeness (QED) is 0.807. The zero-order valence-electron chi connectivity index (χ0n) is 12.3. The van der Waals surface area contributed by atoms with E-state index in [0.717, 1.165) is 0 Å². The highest BCUT2D eigenvalue weighted by atomic mass is 16.2. The van der Waals surface area contributed by atoms with Crippen LogP contribution in [-0.4, -0.2) is 16.6 Å². The second-order valence-corrected chi connectivity index (χ2v) is 4.84. The lowest BCUT2D eigenvalue weighted by atomic mass is 10.2. The van der Waals surface area contributed by atoms with E-state index >= 15 is 0 Å². The maximum Gasteiger partial charge on any atom is 0.348 e. The molecule has 1 aromatic heterocycles. The number of nitrogens with zero attached hydrogens (tertiary/aromatic N) is 2. The number of para-hydroxylation sites is 1. The smallest absolute Gasteiger partial charge is 0.272 e. The molecule has 23 heavy (non-hydrogen) atoms. The summed E-state index contributed by atoms with van der Waals surface area (Å²) in [6, 6.07) is 20.8. The first-order valence-electron chi connectivity index (χ1n) is 7.14. The largest absolute Gasteiger partial charge is 0.348 e. The Kier molecular flexibility index (Phi) is 4.20. The first-order chi connectivity index (χ1) is 11.3. The van der Waals surface area contributed by atoms with Crippen molar-refractivity contribution in [2.75, 3.05) is 5.01 Å². The molecule has 5 heteroatoms. The molecule has 0 bridgehead atoms. The monoisotopic (exact) mass is 305 g/mol. The first-order valence-corrected chi connectivity index (χ1v) is 7.14. The molecule has 5 nitrogen and oxygen atoms in total. The summed E-state index contributed by atoms with van der Waals surface area (Å²) in [5.41, 5.74) is 1.09. The third-order valence-corrected chi connectivity index (χ3v) is 3.27. The topological polar surface area (TPSA) is 54.3 Å². The molecule has 1 heterocycles. The van der Waals surface area contributed by atoms with Gasteiger partial charge >= 0.3 is 6.03 Å². The number of benzene rings is 2. The highest BCUT2D eigenvalue weighted by molar-refractivity contribution is 6.08. The van der Waals surface area contributed by atoms with Gasteiger partial charge in [0.1, 0.15) is 0 Å². The van der Waals surface area contributed by atoms with Crippen LogP contribution in [0.25, 0.3) is 0 Å². The van der Waals surface area contributed by atoms with Gasteiger partial charge in [0.05, 0.1) is 5.69 Å². The molecule has 0 fully saturated rings. The number of hydrogen-bond acceptors (Lipinski definition) is 2. The number of anilines is 1. The average Bonchev–Trinajstić information content (AvgIpc) is 3.11. The third kappa shape index (κ3) is 3.29. The van der Waals surface area contributed by atoms with Crippen molar-refractivity contribution in [3.63, 3.8) is 0 Å². The van der Waals surface area contributed by atoms with Gasteiger partial charge in [0.15, 0.2) is 0 Å². The predicted octanol–water partition coefficient (Wildman–Crippen LogP) is 3.31. The average molecular weight is 305 g/mol. The summed E-state index contributed by atoms with van der Waals surface area (Å²) in [5.74, 6) is -0.441. The van der Waals surface area contributed by atoms with Gasteiger partial charge in [-0.15, -0.1) is 0 Å². The van der Waals surface area contributed by atoms with Gasteiger partial charge in [0.25, 0.3) is 5.91 Å². The van der Waals surface area contributed by atoms with Crippen LogP contribution < -0.4 is 10.3 Å². The van der Waals surface area contributed by atoms with E-state index < -0.39 is 11.9 Å². The van der Waals surface area contributed by atoms with Gasteiger partial charge in [-0.05, 0) is 36.4 Å². The molecule has 114 valence electrons. The molecule has 0 aliphatic rings. The number of aromatic nitrogens is 1. The first kappa shape index (κ1) is 14.6. The predicted molar refractivity (Wildman–Crippen MR) is 88.1 cm³/mol. The van der Waals surface area contributed by atoms with E-state index in [1.165, 1.54) is 5.01 Å². The molecule has 0 aliphatic carbocycles. The van der Waals surface area contributed by atoms with Gasteiger partial charge in [0, 0.05) is 18.0 Å². The van der Waals surface area contributed by atoms with Crippen molar-refractivity contribution >= 4 is 17.6 Å². The molecule has 3 rings (SSSR count). The summed E-state index contributed by atoms with van der Waals surface area (Å²) in [7, 11) is 0. The van der Waals surface area contributed by atoms with Crippen LogP contribution in [0.4, 0.5) is 10.5 Å². The lowest BCUT2D eigenvalue weighted by molar-refractivity contribution is 0.0965. The number of imide groups is 1. The Bertz CT molecular complexity index is 784. The standard InChI is InChI=1S/C18H15N3O2/c22-17(15-9-3-1-4-10-15)19-18(23)21(20-13-7-8-14-20)16-11-5-2-6-12-16/h1-14H,(H,19,22,23). The molecule has 0 aliphatic heterocycles. The summed E-state index contributed by atoms with van der Waals surface area (Å²) >= 11 is 0. The van der Waals surface area contributed by atoms with E-state index in [2.05, 4.69) is 5.32 Å². The molecule has 0 radical (unpaired) electrons. The van der Waals surface area contributed by atoms with Crippen LogP contribution in [0, 0.1) is 0 Å². The van der Waals surface area contributed by atoms with E-state index in [0.29, 0.717) is 11.3 Å². The van der Waals surface area contributed by atoms with Gasteiger partial charge in [-0.2, -0.15) is 5.01 Å². The van der Waals surface area contributed by atoms with Gasteiger partial charge in [-0.1, -0.05) is 36.4 Å². The van der Waals surface area contributed by atoms with Crippen molar-refractivity contribution in [1.82, 2.24) is 9.99 Å². The molecule has 3 amide bonds. The number of rotatable bonds is 3. The minimum absolute atomic E-state index is 0.432. The Hall–Kier alpha value is -3.34.